The van der Waals surface area contributed by atoms with Crippen molar-refractivity contribution in [2.45, 2.75) is 132 Å². The number of ether oxygens (including phenoxy) is 2. The van der Waals surface area contributed by atoms with E-state index >= 15 is 0 Å². The number of rotatable bonds is 7. The number of allylic oxidation sites excluding steroid dienone is 1. The number of amides is 4. The lowest BCUT2D eigenvalue weighted by molar-refractivity contribution is -0.145. The number of carbonyl (C=O) groups excluding carboxylic acids is 4. The van der Waals surface area contributed by atoms with E-state index in [2.05, 4.69) is 25.3 Å². The number of fused-ring (bicyclic) bond motifs is 5. The molecule has 2 aromatic heterocycles. The summed E-state index contributed by atoms with van der Waals surface area (Å²) in [5, 5.41) is 5.06. The molecular weight excluding hydrogens is 786 g/mol. The summed E-state index contributed by atoms with van der Waals surface area (Å²) in [5.74, 6) is -4.93. The predicted octanol–water partition coefficient (Wildman–Crippen LogP) is 5.09. The Hall–Kier alpha value is -4.94. The molecule has 4 heterocycles. The van der Waals surface area contributed by atoms with Gasteiger partial charge in [0.1, 0.15) is 40.9 Å². The lowest BCUT2D eigenvalue weighted by Crippen LogP contribution is -2.58. The first-order valence-electron chi connectivity index (χ1n) is 19.9. The van der Waals surface area contributed by atoms with E-state index in [0.717, 1.165) is 24.8 Å². The van der Waals surface area contributed by atoms with Crippen LogP contribution in [-0.2, 0) is 35.3 Å². The molecule has 1 aromatic carbocycles. The summed E-state index contributed by atoms with van der Waals surface area (Å²) in [6.45, 7) is 1.44. The van der Waals surface area contributed by atoms with E-state index in [4.69, 9.17) is 13.9 Å². The molecular formula is C39H45F3N6O9S. The molecule has 58 heavy (non-hydrogen) atoms. The minimum Gasteiger partial charge on any atom is -0.470 e. The highest BCUT2D eigenvalue weighted by atomic mass is 32.2. The molecule has 3 saturated carbocycles. The molecule has 3 aromatic rings. The molecule has 5 aliphatic rings. The summed E-state index contributed by atoms with van der Waals surface area (Å²) in [4.78, 5) is 64.5. The molecule has 19 heteroatoms. The Morgan fingerprint density at radius 2 is 1.78 bits per heavy atom. The van der Waals surface area contributed by atoms with Crippen molar-refractivity contribution in [1.82, 2.24) is 30.2 Å². The Morgan fingerprint density at radius 1 is 1.02 bits per heavy atom. The number of furan rings is 1. The molecule has 312 valence electrons. The highest BCUT2D eigenvalue weighted by Gasteiger charge is 2.62. The fourth-order valence-corrected chi connectivity index (χ4v) is 9.64. The molecule has 0 unspecified atom stereocenters. The molecule has 0 bridgehead atoms. The van der Waals surface area contributed by atoms with E-state index in [-0.39, 0.29) is 48.6 Å². The van der Waals surface area contributed by atoms with Crippen LogP contribution in [0.5, 0.6) is 5.88 Å². The maximum Gasteiger partial charge on any atom is 0.451 e. The first kappa shape index (κ1) is 39.9. The van der Waals surface area contributed by atoms with Gasteiger partial charge in [0.25, 0.3) is 11.8 Å². The van der Waals surface area contributed by atoms with Gasteiger partial charge in [0.2, 0.25) is 33.2 Å². The van der Waals surface area contributed by atoms with Gasteiger partial charge in [0, 0.05) is 17.7 Å². The van der Waals surface area contributed by atoms with Gasteiger partial charge in [0.15, 0.2) is 0 Å². The Morgan fingerprint density at radius 3 is 2.52 bits per heavy atom. The first-order chi connectivity index (χ1) is 27.6. The number of benzene rings is 1. The summed E-state index contributed by atoms with van der Waals surface area (Å²) >= 11 is 0. The summed E-state index contributed by atoms with van der Waals surface area (Å²) in [5.41, 5.74) is -0.951. The molecule has 3 aliphatic carbocycles. The third kappa shape index (κ3) is 8.18. The molecule has 4 amide bonds. The number of halogens is 3. The SMILES string of the molecule is Cc1ccc2oc3c(O[C@@H]4C[C@H]5C(=O)N[C@]6(C(=O)NS(=O)(=O)C7CC7)C[C@@H]6/C=C\CCCCC[C@H](NC(=O)OC6CCCC6)C(=O)N5C4)nc(C(F)(F)F)nc3c2c1. The van der Waals surface area contributed by atoms with Gasteiger partial charge in [-0.3, -0.25) is 19.1 Å². The van der Waals surface area contributed by atoms with Crippen molar-refractivity contribution in [1.29, 1.82) is 0 Å². The van der Waals surface area contributed by atoms with Crippen LogP contribution < -0.4 is 20.1 Å². The average molecular weight is 831 g/mol. The Labute approximate surface area is 331 Å². The molecule has 15 nitrogen and oxygen atoms in total. The van der Waals surface area contributed by atoms with Crippen molar-refractivity contribution >= 4 is 55.9 Å². The number of aryl methyl sites for hydroxylation is 1. The van der Waals surface area contributed by atoms with Crippen LogP contribution in [-0.4, -0.2) is 88.7 Å². The number of nitrogens with one attached hydrogen (secondary N) is 3. The van der Waals surface area contributed by atoms with Crippen LogP contribution in [0.25, 0.3) is 22.1 Å². The fraction of sp³-hybridized carbons (Fsp3) is 0.590. The van der Waals surface area contributed by atoms with Crippen molar-refractivity contribution < 1.29 is 54.7 Å². The van der Waals surface area contributed by atoms with Crippen LogP contribution >= 0.6 is 0 Å². The van der Waals surface area contributed by atoms with Crippen LogP contribution in [0.15, 0.2) is 34.8 Å². The number of carbonyl (C=O) groups is 4. The smallest absolute Gasteiger partial charge is 0.451 e. The van der Waals surface area contributed by atoms with Crippen molar-refractivity contribution in [3.8, 4) is 5.88 Å². The summed E-state index contributed by atoms with van der Waals surface area (Å²) in [6, 6.07) is 2.44. The zero-order chi connectivity index (χ0) is 41.0. The van der Waals surface area contributed by atoms with Crippen LogP contribution in [0.1, 0.15) is 94.9 Å². The van der Waals surface area contributed by atoms with Crippen LogP contribution in [0.3, 0.4) is 0 Å². The average Bonchev–Trinajstić information content (AvgIpc) is 3.98. The largest absolute Gasteiger partial charge is 0.470 e. The van der Waals surface area contributed by atoms with E-state index < -0.39 is 86.6 Å². The molecule has 5 atom stereocenters. The van der Waals surface area contributed by atoms with Gasteiger partial charge in [-0.1, -0.05) is 36.6 Å². The number of aromatic nitrogens is 2. The third-order valence-electron chi connectivity index (χ3n) is 11.7. The summed E-state index contributed by atoms with van der Waals surface area (Å²) in [7, 11) is -3.98. The van der Waals surface area contributed by atoms with Crippen molar-refractivity contribution in [2.24, 2.45) is 5.92 Å². The number of hydrogen-bond donors (Lipinski definition) is 3. The van der Waals surface area contributed by atoms with Crippen LogP contribution in [0.4, 0.5) is 18.0 Å². The first-order valence-corrected chi connectivity index (χ1v) is 21.4. The number of nitrogens with zero attached hydrogens (tertiary/aromatic N) is 3. The van der Waals surface area contributed by atoms with Gasteiger partial charge in [0.05, 0.1) is 11.8 Å². The number of sulfonamides is 1. The van der Waals surface area contributed by atoms with Gasteiger partial charge in [-0.2, -0.15) is 18.2 Å². The van der Waals surface area contributed by atoms with Crippen molar-refractivity contribution in [3.05, 3.63) is 41.7 Å². The standard InChI is InChI=1S/C39H45F3N6O9S/c1-21-13-16-29-26(17-21)30-31(57-29)33(45-35(44-30)39(40,41)42)55-24-18-28-32(49)46-38(36(51)47-58(53,54)25-14-15-25)19-22(38)9-5-3-2-4-6-12-27(34(50)48(28)20-24)43-37(52)56-23-10-7-8-11-23/h5,9,13,16-17,22-25,27-28H,2-4,6-8,10-12,14-15,18-20H2,1H3,(H,43,52)(H,46,49)(H,47,51)/b9-5-/t22-,24+,27-,28-,38+/m0/s1. The topological polar surface area (TPSA) is 199 Å². The van der Waals surface area contributed by atoms with E-state index in [1.807, 2.05) is 6.08 Å². The minimum absolute atomic E-state index is 0.101. The van der Waals surface area contributed by atoms with E-state index in [1.165, 1.54) is 4.90 Å². The van der Waals surface area contributed by atoms with Gasteiger partial charge in [-0.05, 0) is 83.3 Å². The van der Waals surface area contributed by atoms with Gasteiger partial charge in [-0.15, -0.1) is 0 Å². The normalized spacial score (nSPS) is 27.9. The second-order valence-corrected chi connectivity index (χ2v) is 18.1. The Balaban J connectivity index is 1.13. The number of hydrogen-bond acceptors (Lipinski definition) is 11. The van der Waals surface area contributed by atoms with Gasteiger partial charge < -0.3 is 29.4 Å². The lowest BCUT2D eigenvalue weighted by Gasteiger charge is -2.30. The van der Waals surface area contributed by atoms with Crippen LogP contribution in [0, 0.1) is 12.8 Å². The minimum atomic E-state index is -4.97. The van der Waals surface area contributed by atoms with E-state index in [0.29, 0.717) is 50.3 Å². The van der Waals surface area contributed by atoms with Crippen molar-refractivity contribution in [2.75, 3.05) is 6.54 Å². The number of alkyl carbamates (subject to hydrolysis) is 1. The molecule has 2 aliphatic heterocycles. The van der Waals surface area contributed by atoms with Gasteiger partial charge >= 0.3 is 12.3 Å². The van der Waals surface area contributed by atoms with Crippen LogP contribution in [0.2, 0.25) is 0 Å². The second-order valence-electron chi connectivity index (χ2n) is 16.1. The Bertz CT molecular complexity index is 2270. The highest BCUT2D eigenvalue weighted by Crippen LogP contribution is 2.46. The maximum absolute atomic E-state index is 14.6. The summed E-state index contributed by atoms with van der Waals surface area (Å²) < 4.78 is 88.1. The third-order valence-corrected chi connectivity index (χ3v) is 13.5. The molecule has 3 N–H and O–H groups in total. The van der Waals surface area contributed by atoms with E-state index in [1.54, 1.807) is 31.2 Å². The monoisotopic (exact) mass is 830 g/mol. The van der Waals surface area contributed by atoms with Gasteiger partial charge in [-0.25, -0.2) is 18.2 Å². The lowest BCUT2D eigenvalue weighted by atomic mass is 10.0. The highest BCUT2D eigenvalue weighted by molar-refractivity contribution is 7.91. The molecule has 8 rings (SSSR count). The zero-order valence-corrected chi connectivity index (χ0v) is 32.6. The van der Waals surface area contributed by atoms with E-state index in [9.17, 15) is 40.8 Å². The fourth-order valence-electron chi connectivity index (χ4n) is 8.28. The molecule has 0 radical (unpaired) electrons. The maximum atomic E-state index is 14.6. The second kappa shape index (κ2) is 15.3. The molecule has 0 spiro atoms. The summed E-state index contributed by atoms with van der Waals surface area (Å²) in [6.07, 6.45) is 3.10. The van der Waals surface area contributed by atoms with Crippen molar-refractivity contribution in [3.63, 3.8) is 0 Å². The quantitative estimate of drug-likeness (QED) is 0.268. The number of alkyl halides is 3. The molecule has 4 fully saturated rings. The molecule has 1 saturated heterocycles. The predicted molar refractivity (Wildman–Crippen MR) is 201 cm³/mol. The Kier molecular flexibility index (Phi) is 10.5. The zero-order valence-electron chi connectivity index (χ0n) is 31.8.